The summed E-state index contributed by atoms with van der Waals surface area (Å²) in [6, 6.07) is 15.4. The Morgan fingerprint density at radius 2 is 1.95 bits per heavy atom. The zero-order valence-corrected chi connectivity index (χ0v) is 13.0. The van der Waals surface area contributed by atoms with Crippen molar-refractivity contribution >= 4 is 16.9 Å². The van der Waals surface area contributed by atoms with Crippen molar-refractivity contribution in [1.82, 2.24) is 14.9 Å². The number of hydrogen-bond donors (Lipinski definition) is 1. The maximum atomic E-state index is 12.4. The molecule has 1 N–H and O–H groups in total. The maximum Gasteiger partial charge on any atom is 0.251 e. The fraction of sp³-hybridized carbons (Fsp3) is 0.222. The fourth-order valence-electron chi connectivity index (χ4n) is 2.68. The van der Waals surface area contributed by atoms with Gasteiger partial charge in [-0.1, -0.05) is 29.8 Å². The Bertz CT molecular complexity index is 835. The lowest BCUT2D eigenvalue weighted by molar-refractivity contribution is 0.0938. The third-order valence-corrected chi connectivity index (χ3v) is 3.84. The van der Waals surface area contributed by atoms with E-state index in [4.69, 9.17) is 0 Å². The first kappa shape index (κ1) is 14.3. The number of hydrogen-bond acceptors (Lipinski definition) is 2. The Morgan fingerprint density at radius 3 is 2.68 bits per heavy atom. The number of nitrogens with zero attached hydrogens (tertiary/aromatic N) is 2. The SMILES string of the molecule is Cc1cccc(C(=O)NC(C)c2nc3ccccc3n2C)c1. The third-order valence-electron chi connectivity index (χ3n) is 3.84. The van der Waals surface area contributed by atoms with Crippen LogP contribution >= 0.6 is 0 Å². The van der Waals surface area contributed by atoms with Gasteiger partial charge in [0, 0.05) is 12.6 Å². The zero-order chi connectivity index (χ0) is 15.7. The molecule has 1 aromatic heterocycles. The van der Waals surface area contributed by atoms with Crippen molar-refractivity contribution in [3.8, 4) is 0 Å². The number of rotatable bonds is 3. The molecule has 0 bridgehead atoms. The first-order valence-corrected chi connectivity index (χ1v) is 7.35. The molecule has 0 aliphatic rings. The highest BCUT2D eigenvalue weighted by Gasteiger charge is 2.17. The van der Waals surface area contributed by atoms with Crippen LogP contribution in [0.25, 0.3) is 11.0 Å². The molecule has 1 heterocycles. The second-order valence-electron chi connectivity index (χ2n) is 5.58. The first-order chi connectivity index (χ1) is 10.6. The van der Waals surface area contributed by atoms with E-state index >= 15 is 0 Å². The van der Waals surface area contributed by atoms with Crippen molar-refractivity contribution < 1.29 is 4.79 Å². The second-order valence-corrected chi connectivity index (χ2v) is 5.58. The van der Waals surface area contributed by atoms with Gasteiger partial charge in [-0.05, 0) is 38.1 Å². The van der Waals surface area contributed by atoms with Gasteiger partial charge in [0.1, 0.15) is 5.82 Å². The third kappa shape index (κ3) is 2.60. The van der Waals surface area contributed by atoms with Crippen LogP contribution in [0.1, 0.15) is 34.7 Å². The number of fused-ring (bicyclic) bond motifs is 1. The van der Waals surface area contributed by atoms with Crippen LogP contribution in [0.15, 0.2) is 48.5 Å². The molecular weight excluding hydrogens is 274 g/mol. The summed E-state index contributed by atoms with van der Waals surface area (Å²) < 4.78 is 2.02. The number of carbonyl (C=O) groups excluding carboxylic acids is 1. The summed E-state index contributed by atoms with van der Waals surface area (Å²) in [7, 11) is 1.97. The number of carbonyl (C=O) groups is 1. The van der Waals surface area contributed by atoms with Gasteiger partial charge in [-0.15, -0.1) is 0 Å². The number of aromatic nitrogens is 2. The molecular formula is C18H19N3O. The molecule has 2 aromatic carbocycles. The molecule has 1 atom stereocenters. The smallest absolute Gasteiger partial charge is 0.251 e. The van der Waals surface area contributed by atoms with E-state index in [0.29, 0.717) is 5.56 Å². The van der Waals surface area contributed by atoms with E-state index in [-0.39, 0.29) is 11.9 Å². The van der Waals surface area contributed by atoms with E-state index in [1.54, 1.807) is 0 Å². The molecule has 3 rings (SSSR count). The van der Waals surface area contributed by atoms with E-state index in [2.05, 4.69) is 10.3 Å². The minimum atomic E-state index is -0.162. The summed E-state index contributed by atoms with van der Waals surface area (Å²) in [6.07, 6.45) is 0. The van der Waals surface area contributed by atoms with E-state index < -0.39 is 0 Å². The molecule has 0 saturated carbocycles. The number of amides is 1. The molecule has 0 radical (unpaired) electrons. The van der Waals surface area contributed by atoms with Crippen molar-refractivity contribution in [3.63, 3.8) is 0 Å². The van der Waals surface area contributed by atoms with Gasteiger partial charge in [-0.25, -0.2) is 4.98 Å². The van der Waals surface area contributed by atoms with Crippen LogP contribution in [-0.2, 0) is 7.05 Å². The monoisotopic (exact) mass is 293 g/mol. The molecule has 0 fully saturated rings. The zero-order valence-electron chi connectivity index (χ0n) is 13.0. The fourth-order valence-corrected chi connectivity index (χ4v) is 2.68. The topological polar surface area (TPSA) is 46.9 Å². The molecule has 22 heavy (non-hydrogen) atoms. The molecule has 4 heteroatoms. The summed E-state index contributed by atoms with van der Waals surface area (Å²) in [5.74, 6) is 0.769. The number of nitrogens with one attached hydrogen (secondary N) is 1. The predicted octanol–water partition coefficient (Wildman–Crippen LogP) is 3.37. The summed E-state index contributed by atoms with van der Waals surface area (Å²) >= 11 is 0. The van der Waals surface area contributed by atoms with Crippen LogP contribution in [0.2, 0.25) is 0 Å². The second kappa shape index (κ2) is 5.64. The molecule has 4 nitrogen and oxygen atoms in total. The highest BCUT2D eigenvalue weighted by molar-refractivity contribution is 5.94. The number of para-hydroxylation sites is 2. The van der Waals surface area contributed by atoms with Gasteiger partial charge in [0.05, 0.1) is 17.1 Å². The van der Waals surface area contributed by atoms with Crippen molar-refractivity contribution in [2.45, 2.75) is 19.9 Å². The standard InChI is InChI=1S/C18H19N3O/c1-12-7-6-8-14(11-12)18(22)19-13(2)17-20-15-9-4-5-10-16(15)21(17)3/h4-11,13H,1-3H3,(H,19,22). The minimum absolute atomic E-state index is 0.0803. The Balaban J connectivity index is 1.85. The van der Waals surface area contributed by atoms with Gasteiger partial charge < -0.3 is 9.88 Å². The summed E-state index contributed by atoms with van der Waals surface area (Å²) in [5.41, 5.74) is 3.75. The molecule has 0 spiro atoms. The van der Waals surface area contributed by atoms with Gasteiger partial charge in [-0.3, -0.25) is 4.79 Å². The maximum absolute atomic E-state index is 12.4. The van der Waals surface area contributed by atoms with Crippen molar-refractivity contribution in [3.05, 3.63) is 65.5 Å². The van der Waals surface area contributed by atoms with Crippen LogP contribution in [0.3, 0.4) is 0 Å². The Kier molecular flexibility index (Phi) is 3.67. The molecule has 0 aliphatic heterocycles. The lowest BCUT2D eigenvalue weighted by Gasteiger charge is -2.14. The first-order valence-electron chi connectivity index (χ1n) is 7.35. The van der Waals surface area contributed by atoms with Crippen LogP contribution in [0, 0.1) is 6.92 Å². The number of imidazole rings is 1. The number of aryl methyl sites for hydroxylation is 2. The van der Waals surface area contributed by atoms with Crippen LogP contribution in [0.4, 0.5) is 0 Å². The average Bonchev–Trinajstić information content (AvgIpc) is 2.85. The molecule has 3 aromatic rings. The normalized spacial score (nSPS) is 12.3. The van der Waals surface area contributed by atoms with E-state index in [1.165, 1.54) is 0 Å². The van der Waals surface area contributed by atoms with Crippen LogP contribution in [0.5, 0.6) is 0 Å². The highest BCUT2D eigenvalue weighted by Crippen LogP contribution is 2.19. The van der Waals surface area contributed by atoms with E-state index in [1.807, 2.05) is 74.0 Å². The van der Waals surface area contributed by atoms with Crippen LogP contribution in [-0.4, -0.2) is 15.5 Å². The van der Waals surface area contributed by atoms with Gasteiger partial charge >= 0.3 is 0 Å². The Morgan fingerprint density at radius 1 is 1.18 bits per heavy atom. The van der Waals surface area contributed by atoms with E-state index in [9.17, 15) is 4.79 Å². The largest absolute Gasteiger partial charge is 0.342 e. The molecule has 1 unspecified atom stereocenters. The minimum Gasteiger partial charge on any atom is -0.342 e. The molecule has 0 saturated heterocycles. The van der Waals surface area contributed by atoms with E-state index in [0.717, 1.165) is 22.4 Å². The highest BCUT2D eigenvalue weighted by atomic mass is 16.1. The molecule has 1 amide bonds. The van der Waals surface area contributed by atoms with Gasteiger partial charge in [-0.2, -0.15) is 0 Å². The lowest BCUT2D eigenvalue weighted by atomic mass is 10.1. The summed E-state index contributed by atoms with van der Waals surface area (Å²) in [5, 5.41) is 3.02. The van der Waals surface area contributed by atoms with Crippen molar-refractivity contribution in [2.24, 2.45) is 7.05 Å². The Labute approximate surface area is 129 Å². The Hall–Kier alpha value is -2.62. The predicted molar refractivity (Wildman–Crippen MR) is 87.8 cm³/mol. The summed E-state index contributed by atoms with van der Waals surface area (Å²) in [4.78, 5) is 17.0. The number of benzene rings is 2. The quantitative estimate of drug-likeness (QED) is 0.804. The van der Waals surface area contributed by atoms with Crippen LogP contribution < -0.4 is 5.32 Å². The van der Waals surface area contributed by atoms with Crippen molar-refractivity contribution in [1.29, 1.82) is 0 Å². The van der Waals surface area contributed by atoms with Gasteiger partial charge in [0.15, 0.2) is 0 Å². The molecule has 112 valence electrons. The van der Waals surface area contributed by atoms with Gasteiger partial charge in [0.25, 0.3) is 5.91 Å². The lowest BCUT2D eigenvalue weighted by Crippen LogP contribution is -2.28. The van der Waals surface area contributed by atoms with Crippen molar-refractivity contribution in [2.75, 3.05) is 0 Å². The molecule has 0 aliphatic carbocycles. The van der Waals surface area contributed by atoms with Gasteiger partial charge in [0.2, 0.25) is 0 Å². The summed E-state index contributed by atoms with van der Waals surface area (Å²) in [6.45, 7) is 3.93. The average molecular weight is 293 g/mol.